The first-order valence-electron chi connectivity index (χ1n) is 10.3. The van der Waals surface area contributed by atoms with Crippen LogP contribution in [0.3, 0.4) is 0 Å². The maximum atomic E-state index is 9.90. The standard InChI is InChI=1S/C22H34N2O3Si/c1-22(2,3)28-27-13-5-11-23-17-9-7-16(8-10-17)21-19(15-26)18(14-25)20-6-4-12-24(20)21/h7-10,23,25-26H,4-6,11-15,28H2,1-3H3. The Bertz CT molecular complexity index is 779. The highest BCUT2D eigenvalue weighted by atomic mass is 28.2. The molecule has 5 nitrogen and oxygen atoms in total. The summed E-state index contributed by atoms with van der Waals surface area (Å²) in [6, 6.07) is 8.39. The summed E-state index contributed by atoms with van der Waals surface area (Å²) in [4.78, 5) is 0. The molecule has 3 N–H and O–H groups in total. The van der Waals surface area contributed by atoms with E-state index in [1.54, 1.807) is 0 Å². The molecule has 154 valence electrons. The number of anilines is 1. The van der Waals surface area contributed by atoms with Crippen molar-refractivity contribution in [2.45, 2.75) is 64.8 Å². The highest BCUT2D eigenvalue weighted by Crippen LogP contribution is 2.36. The van der Waals surface area contributed by atoms with Gasteiger partial charge in [-0.2, -0.15) is 0 Å². The Morgan fingerprint density at radius 2 is 1.82 bits per heavy atom. The number of rotatable bonds is 9. The van der Waals surface area contributed by atoms with Gasteiger partial charge in [-0.15, -0.1) is 0 Å². The Morgan fingerprint density at radius 3 is 2.46 bits per heavy atom. The predicted octanol–water partition coefficient (Wildman–Crippen LogP) is 3.21. The molecule has 0 amide bonds. The van der Waals surface area contributed by atoms with Crippen molar-refractivity contribution in [3.8, 4) is 11.3 Å². The maximum absolute atomic E-state index is 9.90. The minimum Gasteiger partial charge on any atom is -0.423 e. The fourth-order valence-corrected chi connectivity index (χ4v) is 4.89. The molecule has 1 aliphatic rings. The summed E-state index contributed by atoms with van der Waals surface area (Å²) in [6.45, 7) is 9.36. The molecule has 28 heavy (non-hydrogen) atoms. The molecule has 0 bridgehead atoms. The van der Waals surface area contributed by atoms with Gasteiger partial charge in [0.1, 0.15) is 0 Å². The van der Waals surface area contributed by atoms with Crippen LogP contribution >= 0.6 is 0 Å². The number of hydrogen-bond acceptors (Lipinski definition) is 4. The number of aliphatic hydroxyl groups is 2. The number of nitrogens with one attached hydrogen (secondary N) is 1. The first kappa shape index (κ1) is 21.1. The van der Waals surface area contributed by atoms with E-state index < -0.39 is 9.76 Å². The van der Waals surface area contributed by atoms with Crippen LogP contribution in [0, 0.1) is 0 Å². The molecule has 6 heteroatoms. The second kappa shape index (κ2) is 9.26. The van der Waals surface area contributed by atoms with Crippen LogP contribution in [0.15, 0.2) is 24.3 Å². The monoisotopic (exact) mass is 402 g/mol. The van der Waals surface area contributed by atoms with Crippen LogP contribution in [0.5, 0.6) is 0 Å². The molecular formula is C22H34N2O3Si. The van der Waals surface area contributed by atoms with Crippen molar-refractivity contribution in [2.24, 2.45) is 0 Å². The first-order valence-corrected chi connectivity index (χ1v) is 11.6. The summed E-state index contributed by atoms with van der Waals surface area (Å²) in [7, 11) is -0.456. The van der Waals surface area contributed by atoms with Gasteiger partial charge in [0.05, 0.1) is 18.9 Å². The average Bonchev–Trinajstić information content (AvgIpc) is 3.23. The molecule has 0 fully saturated rings. The summed E-state index contributed by atoms with van der Waals surface area (Å²) < 4.78 is 8.12. The smallest absolute Gasteiger partial charge is 0.166 e. The van der Waals surface area contributed by atoms with Gasteiger partial charge in [0, 0.05) is 42.2 Å². The molecule has 0 radical (unpaired) electrons. The van der Waals surface area contributed by atoms with Crippen LogP contribution < -0.4 is 5.32 Å². The molecule has 0 aliphatic carbocycles. The van der Waals surface area contributed by atoms with Gasteiger partial charge in [-0.1, -0.05) is 32.9 Å². The molecule has 0 saturated carbocycles. The van der Waals surface area contributed by atoms with E-state index in [1.807, 2.05) is 0 Å². The van der Waals surface area contributed by atoms with E-state index in [-0.39, 0.29) is 13.2 Å². The van der Waals surface area contributed by atoms with Gasteiger partial charge >= 0.3 is 0 Å². The minimum atomic E-state index is -0.456. The molecule has 1 aromatic heterocycles. The van der Waals surface area contributed by atoms with Crippen LogP contribution in [0.2, 0.25) is 5.04 Å². The second-order valence-electron chi connectivity index (χ2n) is 8.79. The molecular weight excluding hydrogens is 368 g/mol. The molecule has 0 spiro atoms. The number of aromatic nitrogens is 1. The number of aliphatic hydroxyl groups excluding tert-OH is 2. The summed E-state index contributed by atoms with van der Waals surface area (Å²) in [5.74, 6) is 0. The van der Waals surface area contributed by atoms with Gasteiger partial charge in [-0.25, -0.2) is 0 Å². The van der Waals surface area contributed by atoms with Crippen molar-refractivity contribution in [1.29, 1.82) is 0 Å². The van der Waals surface area contributed by atoms with E-state index in [1.165, 1.54) is 5.69 Å². The summed E-state index contributed by atoms with van der Waals surface area (Å²) in [5.41, 5.74) is 6.22. The summed E-state index contributed by atoms with van der Waals surface area (Å²) in [5, 5.41) is 23.5. The third-order valence-corrected chi connectivity index (χ3v) is 6.55. The highest BCUT2D eigenvalue weighted by molar-refractivity contribution is 6.31. The zero-order valence-corrected chi connectivity index (χ0v) is 18.8. The van der Waals surface area contributed by atoms with Crippen molar-refractivity contribution >= 4 is 15.5 Å². The van der Waals surface area contributed by atoms with Crippen LogP contribution in [-0.4, -0.2) is 37.7 Å². The van der Waals surface area contributed by atoms with Crippen LogP contribution in [0.1, 0.15) is 50.4 Å². The van der Waals surface area contributed by atoms with E-state index in [9.17, 15) is 10.2 Å². The normalized spacial score (nSPS) is 14.2. The Balaban J connectivity index is 1.61. The number of hydrogen-bond donors (Lipinski definition) is 3. The van der Waals surface area contributed by atoms with Crippen molar-refractivity contribution in [3.63, 3.8) is 0 Å². The fraction of sp³-hybridized carbons (Fsp3) is 0.545. The zero-order chi connectivity index (χ0) is 20.1. The van der Waals surface area contributed by atoms with Gasteiger partial charge in [0.15, 0.2) is 9.76 Å². The average molecular weight is 403 g/mol. The quantitative estimate of drug-likeness (QED) is 0.445. The Labute approximate surface area is 170 Å². The van der Waals surface area contributed by atoms with E-state index in [0.29, 0.717) is 5.04 Å². The lowest BCUT2D eigenvalue weighted by atomic mass is 10.0. The Kier molecular flexibility index (Phi) is 6.99. The molecule has 1 aliphatic heterocycles. The number of nitrogens with zero attached hydrogens (tertiary/aromatic N) is 1. The third-order valence-electron chi connectivity index (χ3n) is 5.19. The van der Waals surface area contributed by atoms with Gasteiger partial charge in [0.2, 0.25) is 0 Å². The van der Waals surface area contributed by atoms with E-state index in [2.05, 4.69) is 54.9 Å². The summed E-state index contributed by atoms with van der Waals surface area (Å²) in [6.07, 6.45) is 3.08. The van der Waals surface area contributed by atoms with Gasteiger partial charge in [-0.3, -0.25) is 0 Å². The van der Waals surface area contributed by atoms with E-state index in [0.717, 1.165) is 67.0 Å². The van der Waals surface area contributed by atoms with Crippen molar-refractivity contribution in [3.05, 3.63) is 41.1 Å². The topological polar surface area (TPSA) is 66.7 Å². The van der Waals surface area contributed by atoms with E-state index in [4.69, 9.17) is 4.43 Å². The third kappa shape index (κ3) is 4.86. The Morgan fingerprint density at radius 1 is 1.11 bits per heavy atom. The molecule has 0 saturated heterocycles. The molecule has 0 atom stereocenters. The molecule has 1 aromatic carbocycles. The fourth-order valence-electron chi connectivity index (χ4n) is 3.93. The highest BCUT2D eigenvalue weighted by Gasteiger charge is 2.25. The van der Waals surface area contributed by atoms with Crippen LogP contribution in [0.4, 0.5) is 5.69 Å². The Hall–Kier alpha value is -1.60. The lowest BCUT2D eigenvalue weighted by molar-refractivity contribution is 0.260. The molecule has 3 rings (SSSR count). The maximum Gasteiger partial charge on any atom is 0.166 e. The molecule has 2 heterocycles. The SMILES string of the molecule is CC(C)(C)[SiH2]OCCCNc1ccc(-c2c(CO)c(CO)c3n2CCC3)cc1. The molecule has 0 unspecified atom stereocenters. The van der Waals surface area contributed by atoms with Crippen molar-refractivity contribution in [2.75, 3.05) is 18.5 Å². The largest absolute Gasteiger partial charge is 0.423 e. The lowest BCUT2D eigenvalue weighted by Gasteiger charge is -2.17. The van der Waals surface area contributed by atoms with Crippen LogP contribution in [-0.2, 0) is 30.6 Å². The van der Waals surface area contributed by atoms with Gasteiger partial charge in [0.25, 0.3) is 0 Å². The minimum absolute atomic E-state index is 0.00892. The molecule has 2 aromatic rings. The zero-order valence-electron chi connectivity index (χ0n) is 17.4. The number of benzene rings is 1. The lowest BCUT2D eigenvalue weighted by Crippen LogP contribution is -2.14. The second-order valence-corrected chi connectivity index (χ2v) is 11.6. The van der Waals surface area contributed by atoms with Crippen LogP contribution in [0.25, 0.3) is 11.3 Å². The van der Waals surface area contributed by atoms with E-state index >= 15 is 0 Å². The van der Waals surface area contributed by atoms with Gasteiger partial charge in [-0.05, 0) is 42.0 Å². The van der Waals surface area contributed by atoms with Gasteiger partial charge < -0.3 is 24.5 Å². The number of fused-ring (bicyclic) bond motifs is 1. The first-order chi connectivity index (χ1) is 13.4. The summed E-state index contributed by atoms with van der Waals surface area (Å²) >= 11 is 0. The predicted molar refractivity (Wildman–Crippen MR) is 117 cm³/mol. The van der Waals surface area contributed by atoms with Crippen molar-refractivity contribution in [1.82, 2.24) is 4.57 Å². The van der Waals surface area contributed by atoms with Crippen molar-refractivity contribution < 1.29 is 14.6 Å².